The highest BCUT2D eigenvalue weighted by atomic mass is 16.3. The molecule has 2 aromatic heterocycles. The molecule has 1 atom stereocenters. The Kier molecular flexibility index (Phi) is 5.46. The van der Waals surface area contributed by atoms with Crippen LogP contribution in [0, 0.1) is 6.92 Å². The van der Waals surface area contributed by atoms with E-state index in [4.69, 9.17) is 8.83 Å². The van der Waals surface area contributed by atoms with E-state index in [1.54, 1.807) is 6.07 Å². The third-order valence-corrected chi connectivity index (χ3v) is 4.59. The number of likely N-dealkylation sites (N-methyl/N-ethyl adjacent to an activating group) is 1. The molecule has 0 aliphatic carbocycles. The fourth-order valence-electron chi connectivity index (χ4n) is 2.98. The fraction of sp³-hybridized carbons (Fsp3) is 0.333. The zero-order valence-electron chi connectivity index (χ0n) is 16.0. The van der Waals surface area contributed by atoms with E-state index in [9.17, 15) is 9.59 Å². The van der Waals surface area contributed by atoms with E-state index in [-0.39, 0.29) is 17.2 Å². The normalized spacial score (nSPS) is 12.5. The van der Waals surface area contributed by atoms with E-state index in [0.717, 1.165) is 23.5 Å². The van der Waals surface area contributed by atoms with Crippen molar-refractivity contribution in [1.82, 2.24) is 10.2 Å². The quantitative estimate of drug-likeness (QED) is 0.723. The number of furan rings is 1. The van der Waals surface area contributed by atoms with Crippen molar-refractivity contribution in [2.45, 2.75) is 26.3 Å². The molecule has 6 nitrogen and oxygen atoms in total. The highest BCUT2D eigenvalue weighted by molar-refractivity contribution is 5.93. The minimum Gasteiger partial charge on any atom is -0.465 e. The first-order valence-corrected chi connectivity index (χ1v) is 8.96. The number of nitrogens with zero attached hydrogens (tertiary/aromatic N) is 1. The van der Waals surface area contributed by atoms with Crippen LogP contribution in [0.3, 0.4) is 0 Å². The minimum absolute atomic E-state index is 0.00452. The van der Waals surface area contributed by atoms with Crippen LogP contribution in [0.4, 0.5) is 0 Å². The van der Waals surface area contributed by atoms with Gasteiger partial charge in [0.2, 0.25) is 0 Å². The molecule has 0 saturated carbocycles. The van der Waals surface area contributed by atoms with Crippen LogP contribution < -0.4 is 10.7 Å². The number of amides is 1. The Hall–Kier alpha value is -2.86. The van der Waals surface area contributed by atoms with Gasteiger partial charge in [-0.3, -0.25) is 14.5 Å². The van der Waals surface area contributed by atoms with Crippen molar-refractivity contribution in [3.8, 4) is 0 Å². The molecule has 27 heavy (non-hydrogen) atoms. The third kappa shape index (κ3) is 4.11. The summed E-state index contributed by atoms with van der Waals surface area (Å²) in [5.74, 6) is 1.16. The summed E-state index contributed by atoms with van der Waals surface area (Å²) >= 11 is 0. The number of benzene rings is 1. The van der Waals surface area contributed by atoms with Crippen LogP contribution in [0.1, 0.15) is 40.6 Å². The average molecular weight is 368 g/mol. The van der Waals surface area contributed by atoms with Gasteiger partial charge in [0, 0.05) is 12.6 Å². The number of nitrogens with one attached hydrogen (secondary N) is 1. The van der Waals surface area contributed by atoms with Gasteiger partial charge in [0.1, 0.15) is 17.1 Å². The van der Waals surface area contributed by atoms with E-state index in [0.29, 0.717) is 17.5 Å². The van der Waals surface area contributed by atoms with Gasteiger partial charge in [-0.15, -0.1) is 0 Å². The predicted molar refractivity (Wildman–Crippen MR) is 104 cm³/mol. The second kappa shape index (κ2) is 7.80. The Morgan fingerprint density at radius 2 is 1.93 bits per heavy atom. The number of carbonyl (C=O) groups excluding carboxylic acids is 1. The van der Waals surface area contributed by atoms with E-state index in [1.165, 1.54) is 6.07 Å². The van der Waals surface area contributed by atoms with Crippen LogP contribution >= 0.6 is 0 Å². The molecule has 0 aliphatic heterocycles. The average Bonchev–Trinajstić information content (AvgIpc) is 3.07. The summed E-state index contributed by atoms with van der Waals surface area (Å²) in [6.45, 7) is 4.23. The lowest BCUT2D eigenvalue weighted by Gasteiger charge is -2.22. The van der Waals surface area contributed by atoms with E-state index in [2.05, 4.69) is 5.32 Å². The molecule has 0 aliphatic rings. The summed E-state index contributed by atoms with van der Waals surface area (Å²) < 4.78 is 11.3. The maximum absolute atomic E-state index is 12.5. The lowest BCUT2D eigenvalue weighted by Crippen LogP contribution is -2.34. The number of aryl methyl sites for hydroxylation is 2. The molecule has 0 radical (unpaired) electrons. The van der Waals surface area contributed by atoms with Gasteiger partial charge in [-0.1, -0.05) is 13.0 Å². The van der Waals surface area contributed by atoms with E-state index in [1.807, 2.05) is 57.1 Å². The standard InChI is InChI=1S/C21H24N2O4/c1-5-14-7-9-18-15(10-14)17(24)11-20(27-18)21(25)22-12-16(23(3)4)19-8-6-13(2)26-19/h6-11,16H,5,12H2,1-4H3,(H,22,25)/t16-/m1/s1. The smallest absolute Gasteiger partial charge is 0.287 e. The molecule has 2 heterocycles. The fourth-order valence-corrected chi connectivity index (χ4v) is 2.98. The van der Waals surface area contributed by atoms with Crippen LogP contribution in [0.5, 0.6) is 0 Å². The number of carbonyl (C=O) groups is 1. The van der Waals surface area contributed by atoms with Crippen LogP contribution in [-0.4, -0.2) is 31.4 Å². The molecule has 6 heteroatoms. The highest BCUT2D eigenvalue weighted by Crippen LogP contribution is 2.20. The van der Waals surface area contributed by atoms with Crippen LogP contribution in [0.2, 0.25) is 0 Å². The summed E-state index contributed by atoms with van der Waals surface area (Å²) in [5.41, 5.74) is 1.24. The summed E-state index contributed by atoms with van der Waals surface area (Å²) in [4.78, 5) is 26.9. The SMILES string of the molecule is CCc1ccc2oc(C(=O)NC[C@H](c3ccc(C)o3)N(C)C)cc(=O)c2c1. The Bertz CT molecular complexity index is 1020. The molecule has 0 saturated heterocycles. The van der Waals surface area contributed by atoms with Gasteiger partial charge in [-0.25, -0.2) is 0 Å². The highest BCUT2D eigenvalue weighted by Gasteiger charge is 2.20. The molecule has 3 rings (SSSR count). The van der Waals surface area contributed by atoms with Crippen LogP contribution in [0.15, 0.2) is 50.0 Å². The molecular formula is C21H24N2O4. The lowest BCUT2D eigenvalue weighted by molar-refractivity contribution is 0.0911. The second-order valence-electron chi connectivity index (χ2n) is 6.80. The van der Waals surface area contributed by atoms with Gasteiger partial charge in [-0.2, -0.15) is 0 Å². The molecule has 1 amide bonds. The first-order chi connectivity index (χ1) is 12.9. The largest absolute Gasteiger partial charge is 0.465 e. The molecule has 1 N–H and O–H groups in total. The molecular weight excluding hydrogens is 344 g/mol. The van der Waals surface area contributed by atoms with Gasteiger partial charge in [-0.05, 0) is 57.3 Å². The molecule has 0 spiro atoms. The summed E-state index contributed by atoms with van der Waals surface area (Å²) in [6, 6.07) is 10.4. The monoisotopic (exact) mass is 368 g/mol. The molecule has 0 fully saturated rings. The van der Waals surface area contributed by atoms with Crippen molar-refractivity contribution >= 4 is 16.9 Å². The summed E-state index contributed by atoms with van der Waals surface area (Å²) in [7, 11) is 3.83. The minimum atomic E-state index is -0.427. The summed E-state index contributed by atoms with van der Waals surface area (Å²) in [6.07, 6.45) is 0.829. The van der Waals surface area contributed by atoms with Crippen molar-refractivity contribution < 1.29 is 13.6 Å². The van der Waals surface area contributed by atoms with Gasteiger partial charge < -0.3 is 14.2 Å². The molecule has 3 aromatic rings. The number of hydrogen-bond donors (Lipinski definition) is 1. The van der Waals surface area contributed by atoms with Gasteiger partial charge >= 0.3 is 0 Å². The van der Waals surface area contributed by atoms with Crippen molar-refractivity contribution in [2.24, 2.45) is 0 Å². The van der Waals surface area contributed by atoms with E-state index < -0.39 is 5.91 Å². The van der Waals surface area contributed by atoms with Gasteiger partial charge in [0.25, 0.3) is 5.91 Å². The van der Waals surface area contributed by atoms with E-state index >= 15 is 0 Å². The van der Waals surface area contributed by atoms with Crippen LogP contribution in [0.25, 0.3) is 11.0 Å². The van der Waals surface area contributed by atoms with Gasteiger partial charge in [0.15, 0.2) is 11.2 Å². The molecule has 1 aromatic carbocycles. The number of fused-ring (bicyclic) bond motifs is 1. The Morgan fingerprint density at radius 3 is 2.56 bits per heavy atom. The lowest BCUT2D eigenvalue weighted by atomic mass is 10.1. The van der Waals surface area contributed by atoms with Crippen molar-refractivity contribution in [1.29, 1.82) is 0 Å². The first-order valence-electron chi connectivity index (χ1n) is 8.96. The second-order valence-corrected chi connectivity index (χ2v) is 6.80. The van der Waals surface area contributed by atoms with Crippen LogP contribution in [-0.2, 0) is 6.42 Å². The number of hydrogen-bond acceptors (Lipinski definition) is 5. The third-order valence-electron chi connectivity index (χ3n) is 4.59. The van der Waals surface area contributed by atoms with Crippen molar-refractivity contribution in [2.75, 3.05) is 20.6 Å². The zero-order valence-corrected chi connectivity index (χ0v) is 16.0. The zero-order chi connectivity index (χ0) is 19.6. The Labute approximate surface area is 157 Å². The Balaban J connectivity index is 1.80. The predicted octanol–water partition coefficient (Wildman–Crippen LogP) is 3.29. The molecule has 0 bridgehead atoms. The Morgan fingerprint density at radius 1 is 1.15 bits per heavy atom. The maximum Gasteiger partial charge on any atom is 0.287 e. The van der Waals surface area contributed by atoms with Gasteiger partial charge in [0.05, 0.1) is 11.4 Å². The molecule has 142 valence electrons. The summed E-state index contributed by atoms with van der Waals surface area (Å²) in [5, 5.41) is 3.32. The molecule has 0 unspecified atom stereocenters. The maximum atomic E-state index is 12.5. The number of rotatable bonds is 6. The van der Waals surface area contributed by atoms with Crippen molar-refractivity contribution in [3.05, 3.63) is 69.5 Å². The van der Waals surface area contributed by atoms with Crippen molar-refractivity contribution in [3.63, 3.8) is 0 Å². The first kappa shape index (κ1) is 18.9. The topological polar surface area (TPSA) is 75.7 Å².